The van der Waals surface area contributed by atoms with Crippen molar-refractivity contribution in [3.63, 3.8) is 0 Å². The van der Waals surface area contributed by atoms with Crippen LogP contribution in [0.25, 0.3) is 0 Å². The summed E-state index contributed by atoms with van der Waals surface area (Å²) in [6.07, 6.45) is 0.712. The normalized spacial score (nSPS) is 23.8. The quantitative estimate of drug-likeness (QED) is 0.893. The summed E-state index contributed by atoms with van der Waals surface area (Å²) in [6, 6.07) is 4.01. The molecule has 0 aromatic heterocycles. The molecule has 100 valence electrons. The van der Waals surface area contributed by atoms with Crippen LogP contribution < -0.4 is 5.32 Å². The minimum absolute atomic E-state index is 0.207. The summed E-state index contributed by atoms with van der Waals surface area (Å²) in [5.74, 6) is -0.819. The van der Waals surface area contributed by atoms with Gasteiger partial charge in [0.05, 0.1) is 6.10 Å². The lowest BCUT2D eigenvalue weighted by molar-refractivity contribution is 0.0895. The Morgan fingerprint density at radius 3 is 2.56 bits per heavy atom. The molecule has 1 saturated heterocycles. The van der Waals surface area contributed by atoms with Gasteiger partial charge in [-0.05, 0) is 24.1 Å². The Hall–Kier alpha value is -1.00. The SMILES string of the molecule is CC(C)NCC1CCOC1c1cc(F)cc(F)c1. The van der Waals surface area contributed by atoms with E-state index in [4.69, 9.17) is 4.74 Å². The van der Waals surface area contributed by atoms with Gasteiger partial charge in [0.2, 0.25) is 0 Å². The molecular weight excluding hydrogens is 236 g/mol. The summed E-state index contributed by atoms with van der Waals surface area (Å²) in [4.78, 5) is 0. The van der Waals surface area contributed by atoms with Crippen molar-refractivity contribution in [2.24, 2.45) is 5.92 Å². The van der Waals surface area contributed by atoms with Crippen molar-refractivity contribution in [3.8, 4) is 0 Å². The van der Waals surface area contributed by atoms with Gasteiger partial charge in [0, 0.05) is 31.2 Å². The zero-order chi connectivity index (χ0) is 13.1. The van der Waals surface area contributed by atoms with E-state index in [-0.39, 0.29) is 12.0 Å². The number of rotatable bonds is 4. The highest BCUT2D eigenvalue weighted by atomic mass is 19.1. The Bertz CT molecular complexity index is 389. The van der Waals surface area contributed by atoms with Gasteiger partial charge in [0.25, 0.3) is 0 Å². The summed E-state index contributed by atoms with van der Waals surface area (Å²) in [5.41, 5.74) is 0.598. The summed E-state index contributed by atoms with van der Waals surface area (Å²) >= 11 is 0. The van der Waals surface area contributed by atoms with Crippen molar-refractivity contribution in [1.82, 2.24) is 5.32 Å². The molecule has 4 heteroatoms. The molecule has 2 unspecified atom stereocenters. The standard InChI is InChI=1S/C14H19F2NO/c1-9(2)17-8-10-3-4-18-14(10)11-5-12(15)7-13(16)6-11/h5-7,9-10,14,17H,3-4,8H2,1-2H3. The Morgan fingerprint density at radius 1 is 1.28 bits per heavy atom. The number of halogens is 2. The molecule has 18 heavy (non-hydrogen) atoms. The van der Waals surface area contributed by atoms with E-state index in [1.807, 2.05) is 0 Å². The number of hydrogen-bond donors (Lipinski definition) is 1. The highest BCUT2D eigenvalue weighted by Crippen LogP contribution is 2.34. The number of ether oxygens (including phenoxy) is 1. The molecule has 0 saturated carbocycles. The van der Waals surface area contributed by atoms with E-state index in [2.05, 4.69) is 19.2 Å². The van der Waals surface area contributed by atoms with Crippen LogP contribution >= 0.6 is 0 Å². The zero-order valence-electron chi connectivity index (χ0n) is 10.7. The van der Waals surface area contributed by atoms with Gasteiger partial charge < -0.3 is 10.1 Å². The van der Waals surface area contributed by atoms with E-state index in [0.29, 0.717) is 18.2 Å². The maximum absolute atomic E-state index is 13.2. The molecule has 0 radical (unpaired) electrons. The van der Waals surface area contributed by atoms with E-state index in [1.165, 1.54) is 12.1 Å². The topological polar surface area (TPSA) is 21.3 Å². The number of benzene rings is 1. The minimum Gasteiger partial charge on any atom is -0.373 e. The van der Waals surface area contributed by atoms with Crippen molar-refractivity contribution >= 4 is 0 Å². The van der Waals surface area contributed by atoms with Crippen LogP contribution in [-0.4, -0.2) is 19.2 Å². The van der Waals surface area contributed by atoms with Crippen LogP contribution in [0.2, 0.25) is 0 Å². The van der Waals surface area contributed by atoms with Crippen molar-refractivity contribution in [1.29, 1.82) is 0 Å². The van der Waals surface area contributed by atoms with Gasteiger partial charge >= 0.3 is 0 Å². The molecule has 2 rings (SSSR count). The molecule has 0 aliphatic carbocycles. The molecule has 0 bridgehead atoms. The fourth-order valence-electron chi connectivity index (χ4n) is 2.34. The average molecular weight is 255 g/mol. The molecule has 0 amide bonds. The Labute approximate surface area is 106 Å². The lowest BCUT2D eigenvalue weighted by Crippen LogP contribution is -2.30. The zero-order valence-corrected chi connectivity index (χ0v) is 10.7. The van der Waals surface area contributed by atoms with Crippen LogP contribution in [0.1, 0.15) is 31.9 Å². The lowest BCUT2D eigenvalue weighted by Gasteiger charge is -2.20. The fourth-order valence-corrected chi connectivity index (χ4v) is 2.34. The molecule has 1 aromatic carbocycles. The summed E-state index contributed by atoms with van der Waals surface area (Å²) in [7, 11) is 0. The molecule has 1 fully saturated rings. The third-order valence-corrected chi connectivity index (χ3v) is 3.22. The number of hydrogen-bond acceptors (Lipinski definition) is 2. The van der Waals surface area contributed by atoms with Crippen LogP contribution in [0.4, 0.5) is 8.78 Å². The smallest absolute Gasteiger partial charge is 0.126 e. The predicted octanol–water partition coefficient (Wildman–Crippen LogP) is 3.04. The Balaban J connectivity index is 2.10. The lowest BCUT2D eigenvalue weighted by atomic mass is 9.95. The molecule has 2 nitrogen and oxygen atoms in total. The third kappa shape index (κ3) is 3.27. The maximum atomic E-state index is 13.2. The molecule has 2 atom stereocenters. The molecular formula is C14H19F2NO. The van der Waals surface area contributed by atoms with Gasteiger partial charge in [-0.3, -0.25) is 0 Å². The van der Waals surface area contributed by atoms with Crippen LogP contribution in [-0.2, 0) is 4.74 Å². The molecule has 1 N–H and O–H groups in total. The van der Waals surface area contributed by atoms with Gasteiger partial charge in [-0.25, -0.2) is 8.78 Å². The minimum atomic E-state index is -0.545. The molecule has 0 spiro atoms. The second-order valence-electron chi connectivity index (χ2n) is 5.11. The van der Waals surface area contributed by atoms with E-state index in [0.717, 1.165) is 19.0 Å². The fraction of sp³-hybridized carbons (Fsp3) is 0.571. The van der Waals surface area contributed by atoms with Crippen molar-refractivity contribution < 1.29 is 13.5 Å². The van der Waals surface area contributed by atoms with Crippen molar-refractivity contribution in [3.05, 3.63) is 35.4 Å². The summed E-state index contributed by atoms with van der Waals surface area (Å²) in [6.45, 7) is 5.60. The van der Waals surface area contributed by atoms with Crippen LogP contribution in [0.3, 0.4) is 0 Å². The molecule has 1 heterocycles. The van der Waals surface area contributed by atoms with Crippen LogP contribution in [0.15, 0.2) is 18.2 Å². The van der Waals surface area contributed by atoms with Gasteiger partial charge in [0.15, 0.2) is 0 Å². The van der Waals surface area contributed by atoms with E-state index < -0.39 is 11.6 Å². The first-order chi connectivity index (χ1) is 8.56. The first-order valence-corrected chi connectivity index (χ1v) is 6.37. The Morgan fingerprint density at radius 2 is 1.94 bits per heavy atom. The monoisotopic (exact) mass is 255 g/mol. The highest BCUT2D eigenvalue weighted by Gasteiger charge is 2.30. The number of nitrogens with one attached hydrogen (secondary N) is 1. The van der Waals surface area contributed by atoms with E-state index in [9.17, 15) is 8.78 Å². The average Bonchev–Trinajstić information content (AvgIpc) is 2.72. The first-order valence-electron chi connectivity index (χ1n) is 6.37. The van der Waals surface area contributed by atoms with Crippen molar-refractivity contribution in [2.75, 3.05) is 13.2 Å². The third-order valence-electron chi connectivity index (χ3n) is 3.22. The van der Waals surface area contributed by atoms with Crippen molar-refractivity contribution in [2.45, 2.75) is 32.4 Å². The second kappa shape index (κ2) is 5.76. The van der Waals surface area contributed by atoms with E-state index in [1.54, 1.807) is 0 Å². The highest BCUT2D eigenvalue weighted by molar-refractivity contribution is 5.21. The van der Waals surface area contributed by atoms with Gasteiger partial charge in [0.1, 0.15) is 11.6 Å². The molecule has 1 aliphatic rings. The van der Waals surface area contributed by atoms with E-state index >= 15 is 0 Å². The predicted molar refractivity (Wildman–Crippen MR) is 66.3 cm³/mol. The molecule has 1 aromatic rings. The second-order valence-corrected chi connectivity index (χ2v) is 5.11. The summed E-state index contributed by atoms with van der Waals surface area (Å²) < 4.78 is 32.0. The van der Waals surface area contributed by atoms with Gasteiger partial charge in [-0.15, -0.1) is 0 Å². The van der Waals surface area contributed by atoms with Crippen LogP contribution in [0.5, 0.6) is 0 Å². The molecule has 1 aliphatic heterocycles. The maximum Gasteiger partial charge on any atom is 0.126 e. The van der Waals surface area contributed by atoms with Gasteiger partial charge in [-0.1, -0.05) is 13.8 Å². The largest absolute Gasteiger partial charge is 0.373 e. The van der Waals surface area contributed by atoms with Gasteiger partial charge in [-0.2, -0.15) is 0 Å². The Kier molecular flexibility index (Phi) is 4.30. The summed E-state index contributed by atoms with van der Waals surface area (Å²) in [5, 5.41) is 3.35. The van der Waals surface area contributed by atoms with Crippen LogP contribution in [0, 0.1) is 17.6 Å². The first kappa shape index (κ1) is 13.4.